The summed E-state index contributed by atoms with van der Waals surface area (Å²) in [5, 5.41) is 17.5. The maximum atomic E-state index is 10.8. The minimum atomic E-state index is -0.428. The lowest BCUT2D eigenvalue weighted by molar-refractivity contribution is -0.384. The molecule has 0 fully saturated rings. The van der Waals surface area contributed by atoms with Gasteiger partial charge in [0.05, 0.1) is 10.6 Å². The molecule has 7 nitrogen and oxygen atoms in total. The van der Waals surface area contributed by atoms with Crippen LogP contribution in [0.2, 0.25) is 0 Å². The highest BCUT2D eigenvalue weighted by Gasteiger charge is 2.12. The van der Waals surface area contributed by atoms with Gasteiger partial charge in [-0.05, 0) is 20.0 Å². The van der Waals surface area contributed by atoms with Crippen LogP contribution in [0.1, 0.15) is 17.0 Å². The second-order valence-electron chi connectivity index (χ2n) is 4.30. The Balaban J connectivity index is 2.15. The number of hydrogen-bond acceptors (Lipinski definition) is 6. The minimum absolute atomic E-state index is 0.0399. The van der Waals surface area contributed by atoms with Gasteiger partial charge in [0.1, 0.15) is 12.4 Å². The van der Waals surface area contributed by atoms with Crippen molar-refractivity contribution in [1.82, 2.24) is 10.5 Å². The van der Waals surface area contributed by atoms with Gasteiger partial charge in [-0.1, -0.05) is 5.16 Å². The summed E-state index contributed by atoms with van der Waals surface area (Å²) in [7, 11) is 1.77. The van der Waals surface area contributed by atoms with E-state index in [0.29, 0.717) is 18.1 Å². The molecular formula is C13H15N3O4. The van der Waals surface area contributed by atoms with E-state index in [1.165, 1.54) is 12.1 Å². The topological polar surface area (TPSA) is 90.4 Å². The van der Waals surface area contributed by atoms with E-state index in [1.54, 1.807) is 19.2 Å². The van der Waals surface area contributed by atoms with E-state index in [1.807, 2.05) is 6.92 Å². The smallest absolute Gasteiger partial charge is 0.270 e. The Morgan fingerprint density at radius 1 is 1.45 bits per heavy atom. The molecule has 0 spiro atoms. The summed E-state index contributed by atoms with van der Waals surface area (Å²) < 4.78 is 10.7. The van der Waals surface area contributed by atoms with Crippen molar-refractivity contribution in [2.24, 2.45) is 0 Å². The van der Waals surface area contributed by atoms with Crippen LogP contribution in [0, 0.1) is 17.0 Å². The standard InChI is InChI=1S/C13H15N3O4/c1-9-5-12(20-15-9)8-19-13-4-3-11(16(17)18)6-10(13)7-14-2/h3-6,14H,7-8H2,1-2H3. The zero-order valence-corrected chi connectivity index (χ0v) is 11.3. The van der Waals surface area contributed by atoms with Crippen LogP contribution in [-0.4, -0.2) is 17.1 Å². The maximum absolute atomic E-state index is 10.8. The van der Waals surface area contributed by atoms with Crippen LogP contribution in [0.4, 0.5) is 5.69 Å². The molecule has 1 aromatic heterocycles. The minimum Gasteiger partial charge on any atom is -0.485 e. The normalized spacial score (nSPS) is 10.5. The van der Waals surface area contributed by atoms with Crippen molar-refractivity contribution >= 4 is 5.69 Å². The van der Waals surface area contributed by atoms with Crippen LogP contribution < -0.4 is 10.1 Å². The molecule has 0 aliphatic heterocycles. The predicted molar refractivity (Wildman–Crippen MR) is 71.4 cm³/mol. The number of nitro groups is 1. The Kier molecular flexibility index (Phi) is 4.31. The first-order chi connectivity index (χ1) is 9.60. The summed E-state index contributed by atoms with van der Waals surface area (Å²) >= 11 is 0. The zero-order valence-electron chi connectivity index (χ0n) is 11.3. The summed E-state index contributed by atoms with van der Waals surface area (Å²) in [4.78, 5) is 10.3. The number of nitrogens with one attached hydrogen (secondary N) is 1. The molecule has 0 saturated carbocycles. The lowest BCUT2D eigenvalue weighted by Gasteiger charge is -2.09. The Hall–Kier alpha value is -2.41. The fourth-order valence-electron chi connectivity index (χ4n) is 1.78. The number of non-ortho nitro benzene ring substituents is 1. The molecule has 2 rings (SSSR count). The first kappa shape index (κ1) is 14.0. The van der Waals surface area contributed by atoms with E-state index in [-0.39, 0.29) is 12.3 Å². The number of nitrogens with zero attached hydrogens (tertiary/aromatic N) is 2. The summed E-state index contributed by atoms with van der Waals surface area (Å²) in [5.41, 5.74) is 1.54. The van der Waals surface area contributed by atoms with Crippen molar-refractivity contribution in [2.45, 2.75) is 20.1 Å². The van der Waals surface area contributed by atoms with E-state index in [4.69, 9.17) is 9.26 Å². The third-order valence-electron chi connectivity index (χ3n) is 2.67. The molecule has 0 aliphatic carbocycles. The molecule has 106 valence electrons. The van der Waals surface area contributed by atoms with Gasteiger partial charge in [-0.3, -0.25) is 10.1 Å². The third kappa shape index (κ3) is 3.33. The molecule has 0 aliphatic rings. The van der Waals surface area contributed by atoms with E-state index >= 15 is 0 Å². The van der Waals surface area contributed by atoms with Crippen LogP contribution >= 0.6 is 0 Å². The van der Waals surface area contributed by atoms with Crippen molar-refractivity contribution in [1.29, 1.82) is 0 Å². The Labute approximate surface area is 115 Å². The van der Waals surface area contributed by atoms with E-state index in [9.17, 15) is 10.1 Å². The lowest BCUT2D eigenvalue weighted by Crippen LogP contribution is -2.08. The Bertz CT molecular complexity index is 609. The van der Waals surface area contributed by atoms with Gasteiger partial charge in [0.15, 0.2) is 5.76 Å². The highest BCUT2D eigenvalue weighted by molar-refractivity contribution is 5.43. The molecular weight excluding hydrogens is 262 g/mol. The van der Waals surface area contributed by atoms with E-state index in [0.717, 1.165) is 11.3 Å². The fraction of sp³-hybridized carbons (Fsp3) is 0.308. The number of ether oxygens (including phenoxy) is 1. The second-order valence-corrected chi connectivity index (χ2v) is 4.30. The number of aryl methyl sites for hydroxylation is 1. The van der Waals surface area contributed by atoms with Crippen molar-refractivity contribution < 1.29 is 14.2 Å². The molecule has 1 N–H and O–H groups in total. The van der Waals surface area contributed by atoms with Crippen LogP contribution in [-0.2, 0) is 13.2 Å². The van der Waals surface area contributed by atoms with Gasteiger partial charge in [0.2, 0.25) is 0 Å². The van der Waals surface area contributed by atoms with Crippen molar-refractivity contribution in [2.75, 3.05) is 7.05 Å². The second kappa shape index (κ2) is 6.16. The van der Waals surface area contributed by atoms with Crippen LogP contribution in [0.3, 0.4) is 0 Å². The molecule has 20 heavy (non-hydrogen) atoms. The molecule has 1 aromatic carbocycles. The number of aromatic nitrogens is 1. The Morgan fingerprint density at radius 2 is 2.25 bits per heavy atom. The van der Waals surface area contributed by atoms with Gasteiger partial charge < -0.3 is 14.6 Å². The van der Waals surface area contributed by atoms with Gasteiger partial charge in [-0.25, -0.2) is 0 Å². The summed E-state index contributed by atoms with van der Waals surface area (Å²) in [6, 6.07) is 6.29. The lowest BCUT2D eigenvalue weighted by atomic mass is 10.1. The highest BCUT2D eigenvalue weighted by atomic mass is 16.6. The number of benzene rings is 1. The quantitative estimate of drug-likeness (QED) is 0.643. The number of hydrogen-bond donors (Lipinski definition) is 1. The van der Waals surface area contributed by atoms with Crippen LogP contribution in [0.5, 0.6) is 5.75 Å². The first-order valence-corrected chi connectivity index (χ1v) is 6.07. The molecule has 2 aromatic rings. The van der Waals surface area contributed by atoms with Gasteiger partial charge in [0, 0.05) is 30.3 Å². The largest absolute Gasteiger partial charge is 0.485 e. The fourth-order valence-corrected chi connectivity index (χ4v) is 1.78. The SMILES string of the molecule is CNCc1cc([N+](=O)[O-])ccc1OCc1cc(C)no1. The summed E-state index contributed by atoms with van der Waals surface area (Å²) in [6.45, 7) is 2.53. The van der Waals surface area contributed by atoms with E-state index in [2.05, 4.69) is 10.5 Å². The Morgan fingerprint density at radius 3 is 2.85 bits per heavy atom. The zero-order chi connectivity index (χ0) is 14.5. The van der Waals surface area contributed by atoms with Gasteiger partial charge in [0.25, 0.3) is 5.69 Å². The average molecular weight is 277 g/mol. The van der Waals surface area contributed by atoms with Crippen LogP contribution in [0.15, 0.2) is 28.8 Å². The molecule has 0 bridgehead atoms. The molecule has 0 atom stereocenters. The first-order valence-electron chi connectivity index (χ1n) is 6.07. The highest BCUT2D eigenvalue weighted by Crippen LogP contribution is 2.25. The third-order valence-corrected chi connectivity index (χ3v) is 2.67. The van der Waals surface area contributed by atoms with Gasteiger partial charge in [-0.15, -0.1) is 0 Å². The van der Waals surface area contributed by atoms with Gasteiger partial charge in [-0.2, -0.15) is 0 Å². The molecule has 0 unspecified atom stereocenters. The van der Waals surface area contributed by atoms with Gasteiger partial charge >= 0.3 is 0 Å². The predicted octanol–water partition coefficient (Wildman–Crippen LogP) is 2.19. The van der Waals surface area contributed by atoms with E-state index < -0.39 is 4.92 Å². The molecule has 0 saturated heterocycles. The molecule has 1 heterocycles. The van der Waals surface area contributed by atoms with Crippen LogP contribution in [0.25, 0.3) is 0 Å². The number of nitro benzene ring substituents is 1. The van der Waals surface area contributed by atoms with Crippen molar-refractivity contribution in [3.63, 3.8) is 0 Å². The van der Waals surface area contributed by atoms with Crippen molar-refractivity contribution in [3.8, 4) is 5.75 Å². The average Bonchev–Trinajstić information content (AvgIpc) is 2.83. The van der Waals surface area contributed by atoms with Crippen molar-refractivity contribution in [3.05, 3.63) is 51.4 Å². The molecule has 7 heteroatoms. The summed E-state index contributed by atoms with van der Waals surface area (Å²) in [5.74, 6) is 1.19. The maximum Gasteiger partial charge on any atom is 0.270 e. The molecule has 0 amide bonds. The monoisotopic (exact) mass is 277 g/mol. The molecule has 0 radical (unpaired) electrons. The summed E-state index contributed by atoms with van der Waals surface area (Å²) in [6.07, 6.45) is 0. The number of rotatable bonds is 6.